The van der Waals surface area contributed by atoms with Gasteiger partial charge in [0.25, 0.3) is 0 Å². The monoisotopic (exact) mass is 340 g/mol. The molecule has 2 heterocycles. The topological polar surface area (TPSA) is 41.6 Å². The van der Waals surface area contributed by atoms with E-state index in [1.807, 2.05) is 4.90 Å². The number of rotatable bonds is 3. The summed E-state index contributed by atoms with van der Waals surface area (Å²) in [5, 5.41) is 2.79. The molecule has 1 saturated heterocycles. The number of nitrogens with zero attached hydrogens (tertiary/aromatic N) is 1. The van der Waals surface area contributed by atoms with E-state index in [0.29, 0.717) is 38.4 Å². The molecule has 1 N–H and O–H groups in total. The van der Waals surface area contributed by atoms with Gasteiger partial charge in [0, 0.05) is 19.6 Å². The molecule has 0 aliphatic carbocycles. The standard InChI is InChI=1S/C17H19F3N2O2/c18-17(19,20)14-5-3-13(4-6-14)15-16(23)21-7-8-22(15)10-12-2-1-9-24-11-12/h2-6,15H,1,7-11H2,(H,21,23). The SMILES string of the molecule is O=C1NCCN(CC2=CCCOC2)C1c1ccc(C(F)(F)F)cc1. The van der Waals surface area contributed by atoms with Gasteiger partial charge in [0.05, 0.1) is 18.8 Å². The quantitative estimate of drug-likeness (QED) is 0.860. The summed E-state index contributed by atoms with van der Waals surface area (Å²) in [5.41, 5.74) is 0.961. The largest absolute Gasteiger partial charge is 0.416 e. The predicted molar refractivity (Wildman–Crippen MR) is 82.3 cm³/mol. The first-order valence-electron chi connectivity index (χ1n) is 7.90. The molecule has 0 aromatic heterocycles. The van der Waals surface area contributed by atoms with Crippen molar-refractivity contribution in [3.63, 3.8) is 0 Å². The first kappa shape index (κ1) is 17.0. The van der Waals surface area contributed by atoms with Crippen LogP contribution in [0.1, 0.15) is 23.6 Å². The molecule has 1 amide bonds. The summed E-state index contributed by atoms with van der Waals surface area (Å²) in [7, 11) is 0. The molecule has 24 heavy (non-hydrogen) atoms. The first-order chi connectivity index (χ1) is 11.4. The number of alkyl halides is 3. The van der Waals surface area contributed by atoms with Crippen LogP contribution in [-0.2, 0) is 15.7 Å². The van der Waals surface area contributed by atoms with Crippen LogP contribution < -0.4 is 5.32 Å². The molecule has 1 unspecified atom stereocenters. The van der Waals surface area contributed by atoms with Crippen molar-refractivity contribution in [2.75, 3.05) is 32.8 Å². The van der Waals surface area contributed by atoms with E-state index in [9.17, 15) is 18.0 Å². The molecule has 0 bridgehead atoms. The second kappa shape index (κ2) is 6.94. The van der Waals surface area contributed by atoms with Gasteiger partial charge in [-0.05, 0) is 29.7 Å². The van der Waals surface area contributed by atoms with Gasteiger partial charge in [-0.1, -0.05) is 18.2 Å². The third kappa shape index (κ3) is 3.79. The van der Waals surface area contributed by atoms with E-state index in [2.05, 4.69) is 11.4 Å². The number of amides is 1. The fraction of sp³-hybridized carbons (Fsp3) is 0.471. The van der Waals surface area contributed by atoms with Crippen LogP contribution in [0.5, 0.6) is 0 Å². The number of piperazine rings is 1. The molecule has 7 heteroatoms. The van der Waals surface area contributed by atoms with Crippen LogP contribution >= 0.6 is 0 Å². The van der Waals surface area contributed by atoms with Crippen molar-refractivity contribution in [2.45, 2.75) is 18.6 Å². The van der Waals surface area contributed by atoms with Crippen molar-refractivity contribution < 1.29 is 22.7 Å². The highest BCUT2D eigenvalue weighted by Crippen LogP contribution is 2.31. The van der Waals surface area contributed by atoms with Crippen molar-refractivity contribution >= 4 is 5.91 Å². The molecule has 1 atom stereocenters. The molecule has 1 fully saturated rings. The van der Waals surface area contributed by atoms with Crippen molar-refractivity contribution in [1.82, 2.24) is 10.2 Å². The lowest BCUT2D eigenvalue weighted by Crippen LogP contribution is -2.50. The minimum Gasteiger partial charge on any atom is -0.377 e. The molecular formula is C17H19F3N2O2. The highest BCUT2D eigenvalue weighted by Gasteiger charge is 2.34. The summed E-state index contributed by atoms with van der Waals surface area (Å²) in [6.07, 6.45) is -1.42. The van der Waals surface area contributed by atoms with Crippen LogP contribution in [-0.4, -0.2) is 43.7 Å². The Balaban J connectivity index is 1.81. The van der Waals surface area contributed by atoms with Gasteiger partial charge in [-0.25, -0.2) is 0 Å². The first-order valence-corrected chi connectivity index (χ1v) is 7.90. The number of hydrogen-bond acceptors (Lipinski definition) is 3. The molecule has 1 aromatic carbocycles. The lowest BCUT2D eigenvalue weighted by Gasteiger charge is -2.36. The van der Waals surface area contributed by atoms with E-state index in [4.69, 9.17) is 4.74 Å². The Morgan fingerprint density at radius 3 is 2.62 bits per heavy atom. The highest BCUT2D eigenvalue weighted by atomic mass is 19.4. The number of carbonyl (C=O) groups excluding carboxylic acids is 1. The van der Waals surface area contributed by atoms with Crippen LogP contribution in [0.2, 0.25) is 0 Å². The zero-order chi connectivity index (χ0) is 17.2. The van der Waals surface area contributed by atoms with E-state index in [0.717, 1.165) is 24.1 Å². The molecule has 130 valence electrons. The van der Waals surface area contributed by atoms with Gasteiger partial charge in [-0.15, -0.1) is 0 Å². The van der Waals surface area contributed by atoms with Crippen LogP contribution in [0.3, 0.4) is 0 Å². The zero-order valence-electron chi connectivity index (χ0n) is 13.1. The smallest absolute Gasteiger partial charge is 0.377 e. The average molecular weight is 340 g/mol. The Bertz CT molecular complexity index is 626. The van der Waals surface area contributed by atoms with Gasteiger partial charge in [0.1, 0.15) is 6.04 Å². The second-order valence-electron chi connectivity index (χ2n) is 5.99. The van der Waals surface area contributed by atoms with Crippen molar-refractivity contribution in [3.8, 4) is 0 Å². The lowest BCUT2D eigenvalue weighted by molar-refractivity contribution is -0.137. The fourth-order valence-corrected chi connectivity index (χ4v) is 3.08. The van der Waals surface area contributed by atoms with Gasteiger partial charge in [0.15, 0.2) is 0 Å². The molecule has 2 aliphatic rings. The normalized spacial score (nSPS) is 22.9. The molecule has 0 radical (unpaired) electrons. The Labute approximate surface area is 138 Å². The summed E-state index contributed by atoms with van der Waals surface area (Å²) in [4.78, 5) is 14.3. The Kier molecular flexibility index (Phi) is 4.91. The summed E-state index contributed by atoms with van der Waals surface area (Å²) in [6, 6.07) is 4.24. The maximum atomic E-state index is 12.7. The maximum Gasteiger partial charge on any atom is 0.416 e. The highest BCUT2D eigenvalue weighted by molar-refractivity contribution is 5.84. The van der Waals surface area contributed by atoms with Gasteiger partial charge in [-0.2, -0.15) is 13.2 Å². The van der Waals surface area contributed by atoms with E-state index in [-0.39, 0.29) is 5.91 Å². The van der Waals surface area contributed by atoms with Gasteiger partial charge < -0.3 is 10.1 Å². The van der Waals surface area contributed by atoms with Crippen LogP contribution in [0.25, 0.3) is 0 Å². The van der Waals surface area contributed by atoms with Crippen molar-refractivity contribution in [2.24, 2.45) is 0 Å². The third-order valence-electron chi connectivity index (χ3n) is 4.25. The van der Waals surface area contributed by atoms with E-state index < -0.39 is 17.8 Å². The maximum absolute atomic E-state index is 12.7. The van der Waals surface area contributed by atoms with E-state index >= 15 is 0 Å². The van der Waals surface area contributed by atoms with E-state index in [1.54, 1.807) is 0 Å². The molecule has 4 nitrogen and oxygen atoms in total. The predicted octanol–water partition coefficient (Wildman–Crippen LogP) is 2.53. The summed E-state index contributed by atoms with van der Waals surface area (Å²) >= 11 is 0. The average Bonchev–Trinajstić information content (AvgIpc) is 2.55. The molecule has 0 saturated carbocycles. The number of halogens is 3. The second-order valence-corrected chi connectivity index (χ2v) is 5.99. The van der Waals surface area contributed by atoms with Gasteiger partial charge in [0.2, 0.25) is 5.91 Å². The summed E-state index contributed by atoms with van der Waals surface area (Å²) in [5.74, 6) is -0.182. The molecule has 2 aliphatic heterocycles. The minimum atomic E-state index is -4.38. The summed E-state index contributed by atoms with van der Waals surface area (Å²) in [6.45, 7) is 3.00. The molecular weight excluding hydrogens is 321 g/mol. The Morgan fingerprint density at radius 2 is 2.00 bits per heavy atom. The number of carbonyl (C=O) groups is 1. The summed E-state index contributed by atoms with van der Waals surface area (Å²) < 4.78 is 43.6. The number of hydrogen-bond donors (Lipinski definition) is 1. The van der Waals surface area contributed by atoms with Crippen LogP contribution in [0.4, 0.5) is 13.2 Å². The zero-order valence-corrected chi connectivity index (χ0v) is 13.1. The molecule has 1 aromatic rings. The van der Waals surface area contributed by atoms with E-state index in [1.165, 1.54) is 12.1 Å². The van der Waals surface area contributed by atoms with Crippen molar-refractivity contribution in [3.05, 3.63) is 47.0 Å². The van der Waals surface area contributed by atoms with Gasteiger partial charge >= 0.3 is 6.18 Å². The number of benzene rings is 1. The van der Waals surface area contributed by atoms with Gasteiger partial charge in [-0.3, -0.25) is 9.69 Å². The minimum absolute atomic E-state index is 0.182. The lowest BCUT2D eigenvalue weighted by atomic mass is 9.99. The molecule has 0 spiro atoms. The Hall–Kier alpha value is -1.86. The van der Waals surface area contributed by atoms with Crippen LogP contribution in [0.15, 0.2) is 35.9 Å². The Morgan fingerprint density at radius 1 is 1.25 bits per heavy atom. The van der Waals surface area contributed by atoms with Crippen LogP contribution in [0, 0.1) is 0 Å². The number of nitrogens with one attached hydrogen (secondary N) is 1. The molecule has 3 rings (SSSR count). The third-order valence-corrected chi connectivity index (χ3v) is 4.25. The number of ether oxygens (including phenoxy) is 1. The van der Waals surface area contributed by atoms with Crippen molar-refractivity contribution in [1.29, 1.82) is 0 Å². The fourth-order valence-electron chi connectivity index (χ4n) is 3.08.